The highest BCUT2D eigenvalue weighted by molar-refractivity contribution is 5.94. The fourth-order valence-corrected chi connectivity index (χ4v) is 2.07. The fourth-order valence-electron chi connectivity index (χ4n) is 2.07. The molecule has 5 nitrogen and oxygen atoms in total. The molecule has 0 saturated carbocycles. The van der Waals surface area contributed by atoms with Crippen molar-refractivity contribution in [1.29, 1.82) is 0 Å². The molecule has 5 heteroatoms. The van der Waals surface area contributed by atoms with Gasteiger partial charge in [-0.1, -0.05) is 13.0 Å². The summed E-state index contributed by atoms with van der Waals surface area (Å²) >= 11 is 0. The van der Waals surface area contributed by atoms with Gasteiger partial charge in [0.1, 0.15) is 0 Å². The van der Waals surface area contributed by atoms with E-state index >= 15 is 0 Å². The number of nitrogens with zero attached hydrogens (tertiary/aromatic N) is 3. The van der Waals surface area contributed by atoms with Crippen LogP contribution >= 0.6 is 0 Å². The van der Waals surface area contributed by atoms with Crippen molar-refractivity contribution in [3.05, 3.63) is 47.8 Å². The second-order valence-electron chi connectivity index (χ2n) is 5.25. The van der Waals surface area contributed by atoms with Crippen molar-refractivity contribution in [2.75, 3.05) is 19.4 Å². The number of hydrogen-bond donors (Lipinski definition) is 1. The summed E-state index contributed by atoms with van der Waals surface area (Å²) in [6, 6.07) is 7.55. The number of benzene rings is 1. The summed E-state index contributed by atoms with van der Waals surface area (Å²) in [5, 5.41) is 7.63. The molecule has 1 aromatic carbocycles. The normalized spacial score (nSPS) is 10.4. The summed E-state index contributed by atoms with van der Waals surface area (Å²) < 4.78 is 1.95. The lowest BCUT2D eigenvalue weighted by Crippen LogP contribution is -2.21. The molecule has 1 heterocycles. The molecule has 0 unspecified atom stereocenters. The van der Waals surface area contributed by atoms with Crippen molar-refractivity contribution in [3.63, 3.8) is 0 Å². The second kappa shape index (κ2) is 6.92. The van der Waals surface area contributed by atoms with Crippen molar-refractivity contribution < 1.29 is 4.79 Å². The van der Waals surface area contributed by atoms with Gasteiger partial charge in [0.2, 0.25) is 0 Å². The number of nitrogens with one attached hydrogen (secondary N) is 1. The predicted octanol–water partition coefficient (Wildman–Crippen LogP) is 2.61. The Hall–Kier alpha value is -2.30. The molecule has 2 rings (SSSR count). The minimum absolute atomic E-state index is 0.00872. The van der Waals surface area contributed by atoms with E-state index in [1.54, 1.807) is 19.0 Å². The van der Waals surface area contributed by atoms with Gasteiger partial charge >= 0.3 is 0 Å². The molecule has 0 atom stereocenters. The van der Waals surface area contributed by atoms with Crippen LogP contribution in [-0.2, 0) is 13.1 Å². The van der Waals surface area contributed by atoms with E-state index in [0.717, 1.165) is 24.2 Å². The summed E-state index contributed by atoms with van der Waals surface area (Å²) in [5.74, 6) is 0.00872. The highest BCUT2D eigenvalue weighted by Gasteiger charge is 2.08. The highest BCUT2D eigenvalue weighted by atomic mass is 16.2. The zero-order valence-electron chi connectivity index (χ0n) is 12.8. The van der Waals surface area contributed by atoms with E-state index in [9.17, 15) is 4.79 Å². The molecule has 21 heavy (non-hydrogen) atoms. The Labute approximate surface area is 125 Å². The van der Waals surface area contributed by atoms with Gasteiger partial charge in [0, 0.05) is 50.2 Å². The maximum Gasteiger partial charge on any atom is 0.253 e. The molecular formula is C16H22N4O. The standard InChI is InChI=1S/C16H22N4O/c1-4-8-20-12-13(11-18-20)10-17-15-7-5-6-14(9-15)16(21)19(2)3/h5-7,9,11-12,17H,4,8,10H2,1-3H3. The first-order chi connectivity index (χ1) is 10.1. The van der Waals surface area contributed by atoms with Crippen molar-refractivity contribution >= 4 is 11.6 Å². The molecule has 0 aliphatic carbocycles. The smallest absolute Gasteiger partial charge is 0.253 e. The maximum absolute atomic E-state index is 11.9. The quantitative estimate of drug-likeness (QED) is 0.888. The van der Waals surface area contributed by atoms with E-state index in [1.165, 1.54) is 0 Å². The Morgan fingerprint density at radius 3 is 2.90 bits per heavy atom. The molecular weight excluding hydrogens is 264 g/mol. The number of hydrogen-bond acceptors (Lipinski definition) is 3. The summed E-state index contributed by atoms with van der Waals surface area (Å²) in [6.07, 6.45) is 4.99. The third-order valence-corrected chi connectivity index (χ3v) is 3.15. The van der Waals surface area contributed by atoms with Crippen LogP contribution < -0.4 is 5.32 Å². The Morgan fingerprint density at radius 2 is 2.19 bits per heavy atom. The third kappa shape index (κ3) is 4.08. The van der Waals surface area contributed by atoms with Crippen LogP contribution in [0.3, 0.4) is 0 Å². The molecule has 2 aromatic rings. The van der Waals surface area contributed by atoms with Crippen molar-refractivity contribution in [2.45, 2.75) is 26.4 Å². The molecule has 0 spiro atoms. The lowest BCUT2D eigenvalue weighted by atomic mass is 10.2. The Bertz CT molecular complexity index is 604. The van der Waals surface area contributed by atoms with Crippen LogP contribution in [0, 0.1) is 0 Å². The lowest BCUT2D eigenvalue weighted by molar-refractivity contribution is 0.0827. The monoisotopic (exact) mass is 286 g/mol. The van der Waals surface area contributed by atoms with Crippen molar-refractivity contribution in [2.24, 2.45) is 0 Å². The Morgan fingerprint density at radius 1 is 1.38 bits per heavy atom. The molecule has 0 bridgehead atoms. The number of carbonyl (C=O) groups is 1. The molecule has 0 aliphatic rings. The SMILES string of the molecule is CCCn1cc(CNc2cccc(C(=O)N(C)C)c2)cn1. The summed E-state index contributed by atoms with van der Waals surface area (Å²) in [7, 11) is 3.51. The average molecular weight is 286 g/mol. The predicted molar refractivity (Wildman–Crippen MR) is 84.3 cm³/mol. The van der Waals surface area contributed by atoms with E-state index < -0.39 is 0 Å². The Balaban J connectivity index is 1.99. The zero-order valence-corrected chi connectivity index (χ0v) is 12.8. The summed E-state index contributed by atoms with van der Waals surface area (Å²) in [4.78, 5) is 13.5. The molecule has 0 saturated heterocycles. The van der Waals surface area contributed by atoms with Crippen LogP contribution in [-0.4, -0.2) is 34.7 Å². The minimum atomic E-state index is 0.00872. The van der Waals surface area contributed by atoms with Gasteiger partial charge in [-0.05, 0) is 24.6 Å². The van der Waals surface area contributed by atoms with E-state index in [2.05, 4.69) is 17.3 Å². The van der Waals surface area contributed by atoms with Gasteiger partial charge in [0.05, 0.1) is 6.20 Å². The first-order valence-electron chi connectivity index (χ1n) is 7.17. The van der Waals surface area contributed by atoms with Crippen LogP contribution in [0.25, 0.3) is 0 Å². The van der Waals surface area contributed by atoms with Gasteiger partial charge in [-0.25, -0.2) is 0 Å². The molecule has 1 amide bonds. The lowest BCUT2D eigenvalue weighted by Gasteiger charge is -2.11. The van der Waals surface area contributed by atoms with Crippen LogP contribution in [0.5, 0.6) is 0 Å². The van der Waals surface area contributed by atoms with E-state index in [0.29, 0.717) is 12.1 Å². The molecule has 0 radical (unpaired) electrons. The topological polar surface area (TPSA) is 50.2 Å². The Kier molecular flexibility index (Phi) is 4.98. The maximum atomic E-state index is 11.9. The molecule has 1 N–H and O–H groups in total. The minimum Gasteiger partial charge on any atom is -0.381 e. The van der Waals surface area contributed by atoms with Gasteiger partial charge < -0.3 is 10.2 Å². The van der Waals surface area contributed by atoms with Gasteiger partial charge in [-0.2, -0.15) is 5.10 Å². The summed E-state index contributed by atoms with van der Waals surface area (Å²) in [5.41, 5.74) is 2.76. The summed E-state index contributed by atoms with van der Waals surface area (Å²) in [6.45, 7) is 3.77. The van der Waals surface area contributed by atoms with Gasteiger partial charge in [-0.3, -0.25) is 9.48 Å². The third-order valence-electron chi connectivity index (χ3n) is 3.15. The number of aromatic nitrogens is 2. The number of anilines is 1. The molecule has 0 aliphatic heterocycles. The van der Waals surface area contributed by atoms with Crippen LogP contribution in [0.15, 0.2) is 36.7 Å². The first-order valence-corrected chi connectivity index (χ1v) is 7.17. The highest BCUT2D eigenvalue weighted by Crippen LogP contribution is 2.13. The second-order valence-corrected chi connectivity index (χ2v) is 5.25. The number of carbonyl (C=O) groups excluding carboxylic acids is 1. The number of rotatable bonds is 6. The van der Waals surface area contributed by atoms with Gasteiger partial charge in [0.25, 0.3) is 5.91 Å². The van der Waals surface area contributed by atoms with Crippen molar-refractivity contribution in [3.8, 4) is 0 Å². The zero-order chi connectivity index (χ0) is 15.2. The fraction of sp³-hybridized carbons (Fsp3) is 0.375. The molecule has 1 aromatic heterocycles. The number of aryl methyl sites for hydroxylation is 1. The average Bonchev–Trinajstić information content (AvgIpc) is 2.92. The first kappa shape index (κ1) is 15.1. The van der Waals surface area contributed by atoms with E-state index in [-0.39, 0.29) is 5.91 Å². The van der Waals surface area contributed by atoms with Crippen molar-refractivity contribution in [1.82, 2.24) is 14.7 Å². The van der Waals surface area contributed by atoms with E-state index in [1.807, 2.05) is 41.3 Å². The van der Waals surface area contributed by atoms with Crippen LogP contribution in [0.1, 0.15) is 29.3 Å². The molecule has 0 fully saturated rings. The van der Waals surface area contributed by atoms with Crippen LogP contribution in [0.2, 0.25) is 0 Å². The van der Waals surface area contributed by atoms with Gasteiger partial charge in [-0.15, -0.1) is 0 Å². The van der Waals surface area contributed by atoms with Crippen LogP contribution in [0.4, 0.5) is 5.69 Å². The largest absolute Gasteiger partial charge is 0.381 e. The molecule has 112 valence electrons. The van der Waals surface area contributed by atoms with E-state index in [4.69, 9.17) is 0 Å². The van der Waals surface area contributed by atoms with Gasteiger partial charge in [0.15, 0.2) is 0 Å². The number of amides is 1.